The fourth-order valence-electron chi connectivity index (χ4n) is 1.91. The number of imidazole rings is 1. The Balaban J connectivity index is 2.26. The van der Waals surface area contributed by atoms with Crippen LogP contribution in [0.4, 0.5) is 4.39 Å². The third-order valence-electron chi connectivity index (χ3n) is 2.67. The van der Waals surface area contributed by atoms with Gasteiger partial charge in [-0.25, -0.2) is 14.2 Å². The molecule has 18 heavy (non-hydrogen) atoms. The Morgan fingerprint density at radius 2 is 2.33 bits per heavy atom. The number of hydrogen-bond donors (Lipinski definition) is 1. The molecule has 2 aromatic rings. The Kier molecular flexibility index (Phi) is 2.37. The van der Waals surface area contributed by atoms with Crippen molar-refractivity contribution in [3.05, 3.63) is 40.1 Å². The number of aromatic carboxylic acids is 1. The molecule has 7 heteroatoms. The monoisotopic (exact) mass is 312 g/mol. The van der Waals surface area contributed by atoms with Gasteiger partial charge in [-0.1, -0.05) is 15.9 Å². The Hall–Kier alpha value is -1.89. The summed E-state index contributed by atoms with van der Waals surface area (Å²) in [6.07, 6.45) is 1.35. The number of benzene rings is 1. The highest BCUT2D eigenvalue weighted by Crippen LogP contribution is 2.35. The highest BCUT2D eigenvalue weighted by atomic mass is 79.9. The van der Waals surface area contributed by atoms with Crippen LogP contribution < -0.4 is 4.74 Å². The molecule has 0 saturated carbocycles. The minimum atomic E-state index is -1.13. The maximum atomic E-state index is 13.7. The molecule has 0 radical (unpaired) electrons. The zero-order valence-electron chi connectivity index (χ0n) is 8.85. The first kappa shape index (κ1) is 11.2. The van der Waals surface area contributed by atoms with Crippen LogP contribution in [0.2, 0.25) is 0 Å². The SMILES string of the molecule is O=C(O)c1ncn2c1COc1c(F)cc(Br)cc1-2. The lowest BCUT2D eigenvalue weighted by atomic mass is 10.2. The van der Waals surface area contributed by atoms with Crippen molar-refractivity contribution in [2.45, 2.75) is 6.61 Å². The van der Waals surface area contributed by atoms with Crippen LogP contribution in [0.1, 0.15) is 16.2 Å². The number of hydrogen-bond acceptors (Lipinski definition) is 3. The molecule has 1 N–H and O–H groups in total. The van der Waals surface area contributed by atoms with Crippen LogP contribution in [-0.2, 0) is 6.61 Å². The molecule has 0 unspecified atom stereocenters. The van der Waals surface area contributed by atoms with Crippen molar-refractivity contribution in [1.29, 1.82) is 0 Å². The molecule has 0 atom stereocenters. The summed E-state index contributed by atoms with van der Waals surface area (Å²) in [6.45, 7) is -0.0206. The number of carboxylic acid groups (broad SMARTS) is 1. The first-order valence-electron chi connectivity index (χ1n) is 4.99. The van der Waals surface area contributed by atoms with E-state index in [1.807, 2.05) is 0 Å². The van der Waals surface area contributed by atoms with Gasteiger partial charge in [-0.3, -0.25) is 4.57 Å². The lowest BCUT2D eigenvalue weighted by molar-refractivity contribution is 0.0687. The Labute approximate surface area is 109 Å². The van der Waals surface area contributed by atoms with E-state index in [0.717, 1.165) is 0 Å². The largest absolute Gasteiger partial charge is 0.482 e. The third kappa shape index (κ3) is 1.51. The lowest BCUT2D eigenvalue weighted by Crippen LogP contribution is -2.16. The maximum Gasteiger partial charge on any atom is 0.356 e. The van der Waals surface area contributed by atoms with E-state index in [9.17, 15) is 9.18 Å². The van der Waals surface area contributed by atoms with Gasteiger partial charge in [0.25, 0.3) is 0 Å². The molecule has 0 fully saturated rings. The van der Waals surface area contributed by atoms with Gasteiger partial charge in [-0.15, -0.1) is 0 Å². The highest BCUT2D eigenvalue weighted by molar-refractivity contribution is 9.10. The topological polar surface area (TPSA) is 64.3 Å². The Morgan fingerprint density at radius 1 is 1.56 bits per heavy atom. The number of rotatable bonds is 1. The van der Waals surface area contributed by atoms with Crippen LogP contribution in [0.3, 0.4) is 0 Å². The summed E-state index contributed by atoms with van der Waals surface area (Å²) in [6, 6.07) is 2.94. The van der Waals surface area contributed by atoms with E-state index in [4.69, 9.17) is 9.84 Å². The number of nitrogens with zero attached hydrogens (tertiary/aromatic N) is 2. The van der Waals surface area contributed by atoms with Crippen LogP contribution in [0, 0.1) is 5.82 Å². The summed E-state index contributed by atoms with van der Waals surface area (Å²) in [5.74, 6) is -1.54. The second-order valence-electron chi connectivity index (χ2n) is 3.74. The Bertz CT molecular complexity index is 669. The average molecular weight is 313 g/mol. The van der Waals surface area contributed by atoms with Crippen LogP contribution in [-0.4, -0.2) is 20.6 Å². The molecule has 92 valence electrons. The van der Waals surface area contributed by atoms with Crippen molar-refractivity contribution in [3.8, 4) is 11.4 Å². The van der Waals surface area contributed by atoms with Crippen LogP contribution in [0.5, 0.6) is 5.75 Å². The van der Waals surface area contributed by atoms with Gasteiger partial charge in [-0.05, 0) is 12.1 Å². The van der Waals surface area contributed by atoms with Crippen LogP contribution in [0.25, 0.3) is 5.69 Å². The number of fused-ring (bicyclic) bond motifs is 3. The minimum Gasteiger partial charge on any atom is -0.482 e. The summed E-state index contributed by atoms with van der Waals surface area (Å²) in [7, 11) is 0. The predicted molar refractivity (Wildman–Crippen MR) is 62.5 cm³/mol. The molecular weight excluding hydrogens is 307 g/mol. The summed E-state index contributed by atoms with van der Waals surface area (Å²) in [5, 5.41) is 8.97. The number of aromatic nitrogens is 2. The summed E-state index contributed by atoms with van der Waals surface area (Å²) >= 11 is 3.18. The zero-order valence-corrected chi connectivity index (χ0v) is 10.4. The van der Waals surface area contributed by atoms with Crippen LogP contribution in [0.15, 0.2) is 22.9 Å². The lowest BCUT2D eigenvalue weighted by Gasteiger charge is -2.20. The summed E-state index contributed by atoms with van der Waals surface area (Å²) in [5.41, 5.74) is 0.747. The van der Waals surface area contributed by atoms with E-state index in [1.54, 1.807) is 6.07 Å². The number of carbonyl (C=O) groups is 1. The van der Waals surface area contributed by atoms with Gasteiger partial charge in [0.1, 0.15) is 12.9 Å². The minimum absolute atomic E-state index is 0.0206. The van der Waals surface area contributed by atoms with Crippen molar-refractivity contribution < 1.29 is 19.0 Å². The van der Waals surface area contributed by atoms with E-state index in [2.05, 4.69) is 20.9 Å². The van der Waals surface area contributed by atoms with E-state index >= 15 is 0 Å². The summed E-state index contributed by atoms with van der Waals surface area (Å²) in [4.78, 5) is 14.8. The molecule has 1 aromatic carbocycles. The normalized spacial score (nSPS) is 12.6. The standard InChI is InChI=1S/C11H6BrFN2O3/c12-5-1-6(13)10-7(2-5)15-4-14-9(11(16)17)8(15)3-18-10/h1-2,4H,3H2,(H,16,17). The maximum absolute atomic E-state index is 13.7. The second kappa shape index (κ2) is 3.81. The first-order chi connectivity index (χ1) is 8.58. The smallest absolute Gasteiger partial charge is 0.356 e. The van der Waals surface area contributed by atoms with E-state index < -0.39 is 11.8 Å². The van der Waals surface area contributed by atoms with E-state index in [-0.39, 0.29) is 18.1 Å². The number of halogens is 2. The van der Waals surface area contributed by atoms with Crippen molar-refractivity contribution in [1.82, 2.24) is 9.55 Å². The second-order valence-corrected chi connectivity index (χ2v) is 4.66. The molecule has 5 nitrogen and oxygen atoms in total. The van der Waals surface area contributed by atoms with Gasteiger partial charge in [0.2, 0.25) is 0 Å². The zero-order chi connectivity index (χ0) is 12.9. The first-order valence-corrected chi connectivity index (χ1v) is 5.79. The van der Waals surface area contributed by atoms with Crippen LogP contribution >= 0.6 is 15.9 Å². The van der Waals surface area contributed by atoms with Gasteiger partial charge in [-0.2, -0.15) is 0 Å². The van der Waals surface area contributed by atoms with Gasteiger partial charge in [0, 0.05) is 4.47 Å². The fraction of sp³-hybridized carbons (Fsp3) is 0.0909. The van der Waals surface area contributed by atoms with Gasteiger partial charge < -0.3 is 9.84 Å². The molecule has 2 heterocycles. The van der Waals surface area contributed by atoms with Crippen molar-refractivity contribution >= 4 is 21.9 Å². The fourth-order valence-corrected chi connectivity index (χ4v) is 2.32. The predicted octanol–water partition coefficient (Wildman–Crippen LogP) is 2.36. The van der Waals surface area contributed by atoms with E-state index in [1.165, 1.54) is 17.0 Å². The molecule has 0 bridgehead atoms. The third-order valence-corrected chi connectivity index (χ3v) is 3.13. The summed E-state index contributed by atoms with van der Waals surface area (Å²) < 4.78 is 21.0. The van der Waals surface area contributed by atoms with Gasteiger partial charge in [0.05, 0.1) is 11.4 Å². The van der Waals surface area contributed by atoms with Crippen molar-refractivity contribution in [2.24, 2.45) is 0 Å². The van der Waals surface area contributed by atoms with E-state index in [0.29, 0.717) is 15.9 Å². The molecule has 0 saturated heterocycles. The highest BCUT2D eigenvalue weighted by Gasteiger charge is 2.26. The average Bonchev–Trinajstić information content (AvgIpc) is 2.72. The molecular formula is C11H6BrFN2O3. The molecule has 1 aromatic heterocycles. The van der Waals surface area contributed by atoms with Gasteiger partial charge >= 0.3 is 5.97 Å². The molecule has 1 aliphatic heterocycles. The van der Waals surface area contributed by atoms with Crippen molar-refractivity contribution in [3.63, 3.8) is 0 Å². The molecule has 0 amide bonds. The van der Waals surface area contributed by atoms with Gasteiger partial charge in [0.15, 0.2) is 17.3 Å². The number of carboxylic acids is 1. The molecule has 0 aliphatic carbocycles. The number of ether oxygens (including phenoxy) is 1. The molecule has 3 rings (SSSR count). The Morgan fingerprint density at radius 3 is 3.06 bits per heavy atom. The molecule has 0 spiro atoms. The quantitative estimate of drug-likeness (QED) is 0.878. The molecule has 1 aliphatic rings. The van der Waals surface area contributed by atoms with Crippen molar-refractivity contribution in [2.75, 3.05) is 0 Å².